The quantitative estimate of drug-likeness (QED) is 0.323. The van der Waals surface area contributed by atoms with Crippen LogP contribution in [-0.2, 0) is 4.79 Å². The number of halogens is 3. The highest BCUT2D eigenvalue weighted by Crippen LogP contribution is 2.30. The molecule has 40 heavy (non-hydrogen) atoms. The summed E-state index contributed by atoms with van der Waals surface area (Å²) < 4.78 is 43.4. The summed E-state index contributed by atoms with van der Waals surface area (Å²) in [4.78, 5) is 42.4. The molecule has 5 rings (SSSR count). The van der Waals surface area contributed by atoms with Gasteiger partial charge in [0.05, 0.1) is 5.69 Å². The monoisotopic (exact) mass is 555 g/mol. The van der Waals surface area contributed by atoms with Crippen LogP contribution in [0.5, 0.6) is 5.75 Å². The third-order valence-electron chi connectivity index (χ3n) is 6.09. The summed E-state index contributed by atoms with van der Waals surface area (Å²) in [5.74, 6) is -1.84. The van der Waals surface area contributed by atoms with Crippen molar-refractivity contribution in [2.75, 3.05) is 17.2 Å². The molecular formula is C25H20F3N7O5. The number of aromatic nitrogens is 4. The van der Waals surface area contributed by atoms with Crippen LogP contribution >= 0.6 is 0 Å². The molecule has 3 N–H and O–H groups in total. The molecule has 0 spiro atoms. The Bertz CT molecular complexity index is 1590. The maximum atomic E-state index is 13.1. The molecule has 1 aliphatic heterocycles. The summed E-state index contributed by atoms with van der Waals surface area (Å²) in [5.41, 5.74) is 0.845. The number of hydrogen-bond acceptors (Lipinski definition) is 7. The van der Waals surface area contributed by atoms with Gasteiger partial charge in [0.15, 0.2) is 22.9 Å². The molecule has 1 atom stereocenters. The lowest BCUT2D eigenvalue weighted by Gasteiger charge is -2.20. The second-order valence-corrected chi connectivity index (χ2v) is 8.69. The fourth-order valence-corrected chi connectivity index (χ4v) is 4.35. The zero-order valence-corrected chi connectivity index (χ0v) is 20.4. The molecule has 3 amide bonds. The first-order valence-corrected chi connectivity index (χ1v) is 11.9. The van der Waals surface area contributed by atoms with E-state index in [2.05, 4.69) is 30.6 Å². The molecule has 4 aromatic rings. The number of hydrogen-bond donors (Lipinski definition) is 3. The molecule has 206 valence electrons. The normalized spacial score (nSPS) is 15.2. The van der Waals surface area contributed by atoms with Crippen LogP contribution in [0.3, 0.4) is 0 Å². The lowest BCUT2D eigenvalue weighted by atomic mass is 10.2. The van der Waals surface area contributed by atoms with Crippen LogP contribution in [0.25, 0.3) is 17.0 Å². The first-order chi connectivity index (χ1) is 19.1. The largest absolute Gasteiger partial charge is 0.573 e. The SMILES string of the molecule is O=C(Nc1ccc(-c2nnc3c(C(=O)N4CCC[C@H]4C(=O)O)nccn23)cc1)Nc1ccccc1OC(F)(F)F. The van der Waals surface area contributed by atoms with Gasteiger partial charge in [-0.3, -0.25) is 9.20 Å². The third kappa shape index (κ3) is 5.48. The van der Waals surface area contributed by atoms with E-state index >= 15 is 0 Å². The van der Waals surface area contributed by atoms with Gasteiger partial charge in [0.1, 0.15) is 6.04 Å². The Kier molecular flexibility index (Phi) is 6.94. The molecule has 0 unspecified atom stereocenters. The lowest BCUT2D eigenvalue weighted by molar-refractivity contribution is -0.274. The van der Waals surface area contributed by atoms with E-state index in [1.54, 1.807) is 34.9 Å². The predicted octanol–water partition coefficient (Wildman–Crippen LogP) is 4.02. The maximum Gasteiger partial charge on any atom is 0.573 e. The van der Waals surface area contributed by atoms with Crippen LogP contribution < -0.4 is 15.4 Å². The number of carbonyl (C=O) groups is 3. The predicted molar refractivity (Wildman–Crippen MR) is 134 cm³/mol. The molecular weight excluding hydrogens is 535 g/mol. The Balaban J connectivity index is 1.31. The number of benzene rings is 2. The molecule has 2 aromatic carbocycles. The average Bonchev–Trinajstić information content (AvgIpc) is 3.57. The summed E-state index contributed by atoms with van der Waals surface area (Å²) >= 11 is 0. The second-order valence-electron chi connectivity index (χ2n) is 8.69. The minimum atomic E-state index is -4.92. The van der Waals surface area contributed by atoms with E-state index in [1.807, 2.05) is 0 Å². The van der Waals surface area contributed by atoms with E-state index in [0.717, 1.165) is 6.07 Å². The van der Waals surface area contributed by atoms with Gasteiger partial charge in [0, 0.05) is 30.2 Å². The van der Waals surface area contributed by atoms with E-state index < -0.39 is 36.1 Å². The van der Waals surface area contributed by atoms with Gasteiger partial charge >= 0.3 is 18.4 Å². The second kappa shape index (κ2) is 10.5. The zero-order chi connectivity index (χ0) is 28.4. The Hall–Kier alpha value is -5.21. The highest BCUT2D eigenvalue weighted by atomic mass is 19.4. The summed E-state index contributed by atoms with van der Waals surface area (Å²) in [7, 11) is 0. The smallest absolute Gasteiger partial charge is 0.480 e. The molecule has 0 aliphatic carbocycles. The molecule has 0 bridgehead atoms. The molecule has 0 saturated carbocycles. The van der Waals surface area contributed by atoms with Crippen LogP contribution in [0, 0.1) is 0 Å². The number of carbonyl (C=O) groups excluding carboxylic acids is 2. The Morgan fingerprint density at radius 2 is 1.77 bits per heavy atom. The fraction of sp³-hybridized carbons (Fsp3) is 0.200. The van der Waals surface area contributed by atoms with Gasteiger partial charge < -0.3 is 25.4 Å². The van der Waals surface area contributed by atoms with Crippen molar-refractivity contribution in [2.24, 2.45) is 0 Å². The molecule has 1 aliphatic rings. The molecule has 1 fully saturated rings. The van der Waals surface area contributed by atoms with Crippen molar-refractivity contribution in [1.29, 1.82) is 0 Å². The number of fused-ring (bicyclic) bond motifs is 1. The maximum absolute atomic E-state index is 13.1. The molecule has 12 nitrogen and oxygen atoms in total. The molecule has 3 heterocycles. The van der Waals surface area contributed by atoms with E-state index in [4.69, 9.17) is 0 Å². The molecule has 0 radical (unpaired) electrons. The number of nitrogens with one attached hydrogen (secondary N) is 2. The van der Waals surface area contributed by atoms with Crippen LogP contribution in [0.4, 0.5) is 29.3 Å². The number of nitrogens with zero attached hydrogens (tertiary/aromatic N) is 5. The lowest BCUT2D eigenvalue weighted by Crippen LogP contribution is -2.41. The molecule has 1 saturated heterocycles. The summed E-state index contributed by atoms with van der Waals surface area (Å²) in [5, 5.41) is 22.5. The number of likely N-dealkylation sites (tertiary alicyclic amines) is 1. The van der Waals surface area contributed by atoms with Gasteiger partial charge in [-0.25, -0.2) is 14.6 Å². The summed E-state index contributed by atoms with van der Waals surface area (Å²) in [6, 6.07) is 9.72. The first kappa shape index (κ1) is 26.4. The van der Waals surface area contributed by atoms with Gasteiger partial charge in [-0.05, 0) is 49.2 Å². The number of amides is 3. The number of urea groups is 1. The summed E-state index contributed by atoms with van der Waals surface area (Å²) in [6.45, 7) is 0.294. The number of alkyl halides is 3. The number of carboxylic acids is 1. The molecule has 2 aromatic heterocycles. The van der Waals surface area contributed by atoms with Gasteiger partial charge in [-0.15, -0.1) is 23.4 Å². The highest BCUT2D eigenvalue weighted by molar-refractivity contribution is 6.01. The third-order valence-corrected chi connectivity index (χ3v) is 6.09. The van der Waals surface area contributed by atoms with Gasteiger partial charge in [-0.1, -0.05) is 12.1 Å². The van der Waals surface area contributed by atoms with Gasteiger partial charge in [0.2, 0.25) is 0 Å². The van der Waals surface area contributed by atoms with Crippen molar-refractivity contribution in [3.63, 3.8) is 0 Å². The van der Waals surface area contributed by atoms with Crippen molar-refractivity contribution >= 4 is 34.9 Å². The van der Waals surface area contributed by atoms with Gasteiger partial charge in [0.25, 0.3) is 5.91 Å². The van der Waals surface area contributed by atoms with Crippen molar-refractivity contribution in [3.8, 4) is 17.1 Å². The minimum absolute atomic E-state index is 0.0286. The number of para-hydroxylation sites is 2. The van der Waals surface area contributed by atoms with Crippen molar-refractivity contribution in [1.82, 2.24) is 24.5 Å². The van der Waals surface area contributed by atoms with Gasteiger partial charge in [-0.2, -0.15) is 0 Å². The van der Waals surface area contributed by atoms with Crippen molar-refractivity contribution in [2.45, 2.75) is 25.2 Å². The van der Waals surface area contributed by atoms with Crippen LogP contribution in [0.1, 0.15) is 23.3 Å². The van der Waals surface area contributed by atoms with Crippen molar-refractivity contribution in [3.05, 3.63) is 66.6 Å². The zero-order valence-electron chi connectivity index (χ0n) is 20.4. The highest BCUT2D eigenvalue weighted by Gasteiger charge is 2.36. The van der Waals surface area contributed by atoms with Crippen LogP contribution in [0.15, 0.2) is 60.9 Å². The number of rotatable bonds is 6. The topological polar surface area (TPSA) is 151 Å². The number of ether oxygens (including phenoxy) is 1. The average molecular weight is 555 g/mol. The van der Waals surface area contributed by atoms with E-state index in [-0.39, 0.29) is 17.0 Å². The Labute approximate surface area is 223 Å². The van der Waals surface area contributed by atoms with Crippen LogP contribution in [-0.4, -0.2) is 66.4 Å². The number of carboxylic acid groups (broad SMARTS) is 1. The van der Waals surface area contributed by atoms with E-state index in [1.165, 1.54) is 29.3 Å². The summed E-state index contributed by atoms with van der Waals surface area (Å²) in [6.07, 6.45) is -1.06. The first-order valence-electron chi connectivity index (χ1n) is 11.9. The standard InChI is InChI=1S/C25H20F3N7O5/c26-25(27,28)40-18-6-2-1-4-16(18)31-24(39)30-15-9-7-14(8-10-15)20-32-33-21-19(29-11-13-35(20)21)22(36)34-12-3-5-17(34)23(37)38/h1-2,4,6-11,13,17H,3,5,12H2,(H,37,38)(H2,30,31,39)/t17-/m0/s1. The van der Waals surface area contributed by atoms with Crippen LogP contribution in [0.2, 0.25) is 0 Å². The minimum Gasteiger partial charge on any atom is -0.480 e. The van der Waals surface area contributed by atoms with Crippen molar-refractivity contribution < 1.29 is 37.4 Å². The Morgan fingerprint density at radius 1 is 1.02 bits per heavy atom. The number of aliphatic carboxylic acids is 1. The fourth-order valence-electron chi connectivity index (χ4n) is 4.35. The van der Waals surface area contributed by atoms with E-state index in [9.17, 15) is 32.7 Å². The number of anilines is 2. The van der Waals surface area contributed by atoms with E-state index in [0.29, 0.717) is 36.5 Å². The molecule has 15 heteroatoms. The Morgan fingerprint density at radius 3 is 2.50 bits per heavy atom.